The minimum atomic E-state index is -3.68. The number of hydrogen-bond donors (Lipinski definition) is 1. The molecular weight excluding hydrogens is 460 g/mol. The molecule has 0 spiro atoms. The van der Waals surface area contributed by atoms with Gasteiger partial charge in [-0.25, -0.2) is 13.4 Å². The van der Waals surface area contributed by atoms with Gasteiger partial charge in [-0.2, -0.15) is 4.31 Å². The maximum Gasteiger partial charge on any atom is 0.243 e. The van der Waals surface area contributed by atoms with Crippen molar-refractivity contribution in [1.82, 2.24) is 14.3 Å². The number of carbonyl (C=O) groups is 1. The molecule has 1 N–H and O–H groups in total. The van der Waals surface area contributed by atoms with Gasteiger partial charge in [-0.3, -0.25) is 9.78 Å². The van der Waals surface area contributed by atoms with Crippen molar-refractivity contribution >= 4 is 33.0 Å². The first-order valence-corrected chi connectivity index (χ1v) is 13.0. The summed E-state index contributed by atoms with van der Waals surface area (Å²) in [5, 5.41) is 5.41. The molecule has 0 saturated carbocycles. The number of anilines is 1. The average molecular weight is 489 g/mol. The van der Waals surface area contributed by atoms with Crippen LogP contribution in [0.1, 0.15) is 33.4 Å². The van der Waals surface area contributed by atoms with Crippen LogP contribution in [0.4, 0.5) is 5.69 Å². The van der Waals surface area contributed by atoms with Crippen LogP contribution >= 0.6 is 11.3 Å². The quantitative estimate of drug-likeness (QED) is 0.459. The Balaban J connectivity index is 1.83. The van der Waals surface area contributed by atoms with Crippen molar-refractivity contribution in [2.45, 2.75) is 45.1 Å². The summed E-state index contributed by atoms with van der Waals surface area (Å²) in [6, 6.07) is 8.27. The van der Waals surface area contributed by atoms with Gasteiger partial charge in [0.15, 0.2) is 0 Å². The SMILES string of the molecule is CCN(CC)S(=O)(=O)c1ccc(OC(C)C)c(NC(=O)Cc2csc(-c3cccnc3)n2)c1. The number of sulfonamides is 1. The Bertz CT molecular complexity index is 1190. The number of rotatable bonds is 10. The van der Waals surface area contributed by atoms with Gasteiger partial charge in [-0.05, 0) is 44.2 Å². The van der Waals surface area contributed by atoms with Gasteiger partial charge >= 0.3 is 0 Å². The largest absolute Gasteiger partial charge is 0.489 e. The number of pyridine rings is 1. The highest BCUT2D eigenvalue weighted by molar-refractivity contribution is 7.89. The lowest BCUT2D eigenvalue weighted by molar-refractivity contribution is -0.115. The van der Waals surface area contributed by atoms with Gasteiger partial charge in [0.25, 0.3) is 0 Å². The van der Waals surface area contributed by atoms with E-state index < -0.39 is 10.0 Å². The van der Waals surface area contributed by atoms with Crippen molar-refractivity contribution in [3.8, 4) is 16.3 Å². The number of hydrogen-bond acceptors (Lipinski definition) is 7. The molecule has 0 unspecified atom stereocenters. The van der Waals surface area contributed by atoms with E-state index in [1.807, 2.05) is 31.4 Å². The summed E-state index contributed by atoms with van der Waals surface area (Å²) in [5.41, 5.74) is 1.82. The second-order valence-corrected chi connectivity index (χ2v) is 10.3. The first-order valence-electron chi connectivity index (χ1n) is 10.7. The minimum absolute atomic E-state index is 0.0465. The second-order valence-electron chi connectivity index (χ2n) is 7.52. The molecular formula is C23H28N4O4S2. The number of aromatic nitrogens is 2. The van der Waals surface area contributed by atoms with Crippen molar-refractivity contribution in [3.05, 3.63) is 53.8 Å². The summed E-state index contributed by atoms with van der Waals surface area (Å²) in [6.07, 6.45) is 3.31. The van der Waals surface area contributed by atoms with E-state index in [-0.39, 0.29) is 23.3 Å². The van der Waals surface area contributed by atoms with Crippen LogP contribution in [0.3, 0.4) is 0 Å². The highest BCUT2D eigenvalue weighted by Gasteiger charge is 2.24. The van der Waals surface area contributed by atoms with Crippen LogP contribution in [0.25, 0.3) is 10.6 Å². The third-order valence-electron chi connectivity index (χ3n) is 4.73. The van der Waals surface area contributed by atoms with Crippen LogP contribution in [-0.2, 0) is 21.2 Å². The van der Waals surface area contributed by atoms with Crippen LogP contribution in [0.5, 0.6) is 5.75 Å². The summed E-state index contributed by atoms with van der Waals surface area (Å²) in [5.74, 6) is 0.0928. The van der Waals surface area contributed by atoms with Gasteiger partial charge in [0.1, 0.15) is 10.8 Å². The van der Waals surface area contributed by atoms with Crippen molar-refractivity contribution in [2.75, 3.05) is 18.4 Å². The van der Waals surface area contributed by atoms with Crippen LogP contribution in [-0.4, -0.2) is 47.8 Å². The molecule has 0 bridgehead atoms. The summed E-state index contributed by atoms with van der Waals surface area (Å²) in [7, 11) is -3.68. The van der Waals surface area contributed by atoms with Crippen LogP contribution in [0, 0.1) is 0 Å². The molecule has 0 fully saturated rings. The zero-order valence-corrected chi connectivity index (χ0v) is 20.7. The van der Waals surface area contributed by atoms with E-state index >= 15 is 0 Å². The van der Waals surface area contributed by atoms with E-state index in [2.05, 4.69) is 15.3 Å². The van der Waals surface area contributed by atoms with Crippen molar-refractivity contribution in [1.29, 1.82) is 0 Å². The highest BCUT2D eigenvalue weighted by Crippen LogP contribution is 2.30. The lowest BCUT2D eigenvalue weighted by Crippen LogP contribution is -2.30. The van der Waals surface area contributed by atoms with Gasteiger partial charge < -0.3 is 10.1 Å². The van der Waals surface area contributed by atoms with Gasteiger partial charge in [-0.1, -0.05) is 13.8 Å². The smallest absolute Gasteiger partial charge is 0.243 e. The average Bonchev–Trinajstić information content (AvgIpc) is 3.24. The number of ether oxygens (including phenoxy) is 1. The molecule has 10 heteroatoms. The Labute approximate surface area is 198 Å². The van der Waals surface area contributed by atoms with Crippen molar-refractivity contribution in [2.24, 2.45) is 0 Å². The molecule has 2 heterocycles. The monoisotopic (exact) mass is 488 g/mol. The topological polar surface area (TPSA) is 101 Å². The van der Waals surface area contributed by atoms with Crippen LogP contribution in [0.2, 0.25) is 0 Å². The van der Waals surface area contributed by atoms with E-state index in [1.54, 1.807) is 32.3 Å². The van der Waals surface area contributed by atoms with Crippen LogP contribution in [0.15, 0.2) is 53.0 Å². The maximum atomic E-state index is 13.0. The van der Waals surface area contributed by atoms with E-state index in [9.17, 15) is 13.2 Å². The predicted octanol–water partition coefficient (Wildman–Crippen LogP) is 4.20. The molecule has 0 aliphatic heterocycles. The van der Waals surface area contributed by atoms with E-state index in [0.29, 0.717) is 30.2 Å². The van der Waals surface area contributed by atoms with Gasteiger partial charge in [0.2, 0.25) is 15.9 Å². The molecule has 8 nitrogen and oxygen atoms in total. The van der Waals surface area contributed by atoms with E-state index in [0.717, 1.165) is 10.6 Å². The molecule has 3 rings (SSSR count). The van der Waals surface area contributed by atoms with Crippen molar-refractivity contribution < 1.29 is 17.9 Å². The summed E-state index contributed by atoms with van der Waals surface area (Å²) in [6.45, 7) is 8.01. The van der Waals surface area contributed by atoms with E-state index in [1.165, 1.54) is 27.8 Å². The summed E-state index contributed by atoms with van der Waals surface area (Å²) in [4.78, 5) is 21.5. The molecule has 0 atom stereocenters. The number of amides is 1. The van der Waals surface area contributed by atoms with Gasteiger partial charge in [0, 0.05) is 36.4 Å². The maximum absolute atomic E-state index is 13.0. The fourth-order valence-corrected chi connectivity index (χ4v) is 5.50. The van der Waals surface area contributed by atoms with Crippen LogP contribution < -0.4 is 10.1 Å². The Morgan fingerprint density at radius 1 is 1.21 bits per heavy atom. The molecule has 0 saturated heterocycles. The van der Waals surface area contributed by atoms with E-state index in [4.69, 9.17) is 4.74 Å². The third kappa shape index (κ3) is 6.16. The predicted molar refractivity (Wildman–Crippen MR) is 130 cm³/mol. The lowest BCUT2D eigenvalue weighted by Gasteiger charge is -2.20. The lowest BCUT2D eigenvalue weighted by atomic mass is 10.2. The zero-order valence-electron chi connectivity index (χ0n) is 19.1. The fourth-order valence-electron chi connectivity index (χ4n) is 3.21. The molecule has 3 aromatic rings. The molecule has 0 aliphatic rings. The summed E-state index contributed by atoms with van der Waals surface area (Å²) < 4.78 is 33.1. The fraction of sp³-hybridized carbons (Fsp3) is 0.348. The van der Waals surface area contributed by atoms with Gasteiger partial charge in [0.05, 0.1) is 28.8 Å². The van der Waals surface area contributed by atoms with Crippen molar-refractivity contribution in [3.63, 3.8) is 0 Å². The molecule has 1 aromatic carbocycles. The number of thiazole rings is 1. The molecule has 0 aliphatic carbocycles. The number of benzene rings is 1. The Morgan fingerprint density at radius 3 is 2.61 bits per heavy atom. The number of nitrogens with zero attached hydrogens (tertiary/aromatic N) is 3. The van der Waals surface area contributed by atoms with Gasteiger partial charge in [-0.15, -0.1) is 11.3 Å². The Kier molecular flexibility index (Phi) is 8.17. The third-order valence-corrected chi connectivity index (χ3v) is 7.72. The summed E-state index contributed by atoms with van der Waals surface area (Å²) >= 11 is 1.44. The molecule has 1 amide bonds. The molecule has 176 valence electrons. The molecule has 2 aromatic heterocycles. The normalized spacial score (nSPS) is 11.7. The Morgan fingerprint density at radius 2 is 1.97 bits per heavy atom. The first kappa shape index (κ1) is 24.8. The molecule has 33 heavy (non-hydrogen) atoms. The molecule has 0 radical (unpaired) electrons. The number of carbonyl (C=O) groups excluding carboxylic acids is 1. The minimum Gasteiger partial charge on any atom is -0.489 e. The zero-order chi connectivity index (χ0) is 24.0. The first-order chi connectivity index (χ1) is 15.7. The Hall–Kier alpha value is -2.82. The number of nitrogens with one attached hydrogen (secondary N) is 1. The second kappa shape index (κ2) is 10.9. The standard InChI is InChI=1S/C23H28N4O4S2/c1-5-27(6-2)33(29,30)19-9-10-21(31-16(3)4)20(13-19)26-22(28)12-18-15-32-23(25-18)17-8-7-11-24-14-17/h7-11,13-16H,5-6,12H2,1-4H3,(H,26,28). The highest BCUT2D eigenvalue weighted by atomic mass is 32.2.